The highest BCUT2D eigenvalue weighted by Crippen LogP contribution is 2.11. The molecule has 0 aliphatic carbocycles. The molecular weight excluding hydrogens is 210 g/mol. The molecule has 2 nitrogen and oxygen atoms in total. The van der Waals surface area contributed by atoms with Gasteiger partial charge in [-0.05, 0) is 38.1 Å². The van der Waals surface area contributed by atoms with Crippen LogP contribution in [0.15, 0.2) is 24.3 Å². The van der Waals surface area contributed by atoms with Crippen LogP contribution in [0.4, 0.5) is 0 Å². The van der Waals surface area contributed by atoms with Crippen molar-refractivity contribution in [3.05, 3.63) is 34.9 Å². The standard InChI is InChI=1S/C12H18ClNO/c1-10(15)7-8-14(2)9-11-3-5-12(13)6-4-11/h3-6,10,15H,7-9H2,1-2H3. The second-order valence-corrected chi connectivity index (χ2v) is 4.44. The average Bonchev–Trinajstić information content (AvgIpc) is 2.19. The molecule has 1 aromatic rings. The van der Waals surface area contributed by atoms with Crippen molar-refractivity contribution in [1.29, 1.82) is 0 Å². The molecule has 0 aliphatic heterocycles. The molecule has 0 amide bonds. The van der Waals surface area contributed by atoms with E-state index in [4.69, 9.17) is 16.7 Å². The molecule has 0 radical (unpaired) electrons. The van der Waals surface area contributed by atoms with Gasteiger partial charge < -0.3 is 10.0 Å². The van der Waals surface area contributed by atoms with Crippen molar-refractivity contribution < 1.29 is 5.11 Å². The summed E-state index contributed by atoms with van der Waals surface area (Å²) in [5, 5.41) is 9.93. The van der Waals surface area contributed by atoms with E-state index in [0.717, 1.165) is 24.5 Å². The summed E-state index contributed by atoms with van der Waals surface area (Å²) >= 11 is 5.80. The van der Waals surface area contributed by atoms with Crippen molar-refractivity contribution in [2.75, 3.05) is 13.6 Å². The van der Waals surface area contributed by atoms with Crippen LogP contribution in [0.5, 0.6) is 0 Å². The van der Waals surface area contributed by atoms with E-state index in [0.29, 0.717) is 0 Å². The van der Waals surface area contributed by atoms with E-state index in [-0.39, 0.29) is 6.10 Å². The lowest BCUT2D eigenvalue weighted by molar-refractivity contribution is 0.163. The summed E-state index contributed by atoms with van der Waals surface area (Å²) in [7, 11) is 2.05. The molecular formula is C12H18ClNO. The lowest BCUT2D eigenvalue weighted by Crippen LogP contribution is -2.21. The number of benzene rings is 1. The Morgan fingerprint density at radius 1 is 1.33 bits per heavy atom. The van der Waals surface area contributed by atoms with Crippen LogP contribution in [0, 0.1) is 0 Å². The third-order valence-corrected chi connectivity index (χ3v) is 2.55. The van der Waals surface area contributed by atoms with Gasteiger partial charge in [-0.15, -0.1) is 0 Å². The molecule has 0 aromatic heterocycles. The van der Waals surface area contributed by atoms with Crippen molar-refractivity contribution in [3.63, 3.8) is 0 Å². The van der Waals surface area contributed by atoms with Crippen molar-refractivity contribution in [3.8, 4) is 0 Å². The number of hydrogen-bond donors (Lipinski definition) is 1. The zero-order chi connectivity index (χ0) is 11.3. The Kier molecular flexibility index (Phi) is 5.09. The van der Waals surface area contributed by atoms with Crippen LogP contribution >= 0.6 is 11.6 Å². The van der Waals surface area contributed by atoms with Crippen molar-refractivity contribution in [2.45, 2.75) is 26.0 Å². The van der Waals surface area contributed by atoms with Crippen molar-refractivity contribution >= 4 is 11.6 Å². The van der Waals surface area contributed by atoms with E-state index in [1.165, 1.54) is 5.56 Å². The summed E-state index contributed by atoms with van der Waals surface area (Å²) in [6.45, 7) is 3.61. The van der Waals surface area contributed by atoms with E-state index >= 15 is 0 Å². The lowest BCUT2D eigenvalue weighted by Gasteiger charge is -2.17. The number of nitrogens with zero attached hydrogens (tertiary/aromatic N) is 1. The number of halogens is 1. The molecule has 0 saturated heterocycles. The van der Waals surface area contributed by atoms with Crippen molar-refractivity contribution in [1.82, 2.24) is 4.90 Å². The average molecular weight is 228 g/mol. The Hall–Kier alpha value is -0.570. The number of hydrogen-bond acceptors (Lipinski definition) is 2. The van der Waals surface area contributed by atoms with Crippen LogP contribution in [-0.2, 0) is 6.54 Å². The Bertz CT molecular complexity index is 284. The fourth-order valence-corrected chi connectivity index (χ4v) is 1.51. The molecule has 1 N–H and O–H groups in total. The van der Waals surface area contributed by atoms with Gasteiger partial charge in [-0.25, -0.2) is 0 Å². The SMILES string of the molecule is CC(O)CCN(C)Cc1ccc(Cl)cc1. The highest BCUT2D eigenvalue weighted by molar-refractivity contribution is 6.30. The Balaban J connectivity index is 2.37. The molecule has 0 bridgehead atoms. The van der Waals surface area contributed by atoms with Gasteiger partial charge in [-0.2, -0.15) is 0 Å². The molecule has 15 heavy (non-hydrogen) atoms. The quantitative estimate of drug-likeness (QED) is 0.836. The minimum absolute atomic E-state index is 0.224. The second-order valence-electron chi connectivity index (χ2n) is 4.00. The third-order valence-electron chi connectivity index (χ3n) is 2.29. The summed E-state index contributed by atoms with van der Waals surface area (Å²) in [6, 6.07) is 7.86. The lowest BCUT2D eigenvalue weighted by atomic mass is 10.2. The van der Waals surface area contributed by atoms with Crippen LogP contribution in [0.25, 0.3) is 0 Å². The Labute approximate surface area is 96.5 Å². The monoisotopic (exact) mass is 227 g/mol. The fourth-order valence-electron chi connectivity index (χ4n) is 1.39. The highest BCUT2D eigenvalue weighted by Gasteiger charge is 2.02. The summed E-state index contributed by atoms with van der Waals surface area (Å²) < 4.78 is 0. The van der Waals surface area contributed by atoms with Crippen LogP contribution in [-0.4, -0.2) is 29.7 Å². The zero-order valence-electron chi connectivity index (χ0n) is 9.28. The minimum atomic E-state index is -0.224. The second kappa shape index (κ2) is 6.11. The van der Waals surface area contributed by atoms with Crippen LogP contribution in [0.1, 0.15) is 18.9 Å². The predicted octanol–water partition coefficient (Wildman–Crippen LogP) is 2.54. The third kappa shape index (κ3) is 5.17. The topological polar surface area (TPSA) is 23.5 Å². The van der Waals surface area contributed by atoms with Gasteiger partial charge in [0.15, 0.2) is 0 Å². The molecule has 1 atom stereocenters. The number of aliphatic hydroxyl groups is 1. The summed E-state index contributed by atoms with van der Waals surface area (Å²) in [5.74, 6) is 0. The van der Waals surface area contributed by atoms with E-state index < -0.39 is 0 Å². The van der Waals surface area contributed by atoms with Gasteiger partial charge in [-0.1, -0.05) is 23.7 Å². The maximum atomic E-state index is 9.16. The largest absolute Gasteiger partial charge is 0.393 e. The molecule has 1 rings (SSSR count). The van der Waals surface area contributed by atoms with Crippen LogP contribution < -0.4 is 0 Å². The molecule has 0 aliphatic rings. The van der Waals surface area contributed by atoms with E-state index in [1.807, 2.05) is 31.2 Å². The van der Waals surface area contributed by atoms with E-state index in [9.17, 15) is 0 Å². The van der Waals surface area contributed by atoms with Crippen molar-refractivity contribution in [2.24, 2.45) is 0 Å². The van der Waals surface area contributed by atoms with Gasteiger partial charge in [0.2, 0.25) is 0 Å². The van der Waals surface area contributed by atoms with Gasteiger partial charge in [0, 0.05) is 18.1 Å². The number of aliphatic hydroxyl groups excluding tert-OH is 1. The predicted molar refractivity (Wildman–Crippen MR) is 64.1 cm³/mol. The van der Waals surface area contributed by atoms with Gasteiger partial charge in [0.25, 0.3) is 0 Å². The molecule has 0 heterocycles. The first-order valence-corrected chi connectivity index (χ1v) is 5.57. The Morgan fingerprint density at radius 2 is 1.93 bits per heavy atom. The minimum Gasteiger partial charge on any atom is -0.393 e. The van der Waals surface area contributed by atoms with Gasteiger partial charge >= 0.3 is 0 Å². The maximum Gasteiger partial charge on any atom is 0.0524 e. The molecule has 0 fully saturated rings. The summed E-state index contributed by atoms with van der Waals surface area (Å²) in [5.41, 5.74) is 1.24. The fraction of sp³-hybridized carbons (Fsp3) is 0.500. The Morgan fingerprint density at radius 3 is 2.47 bits per heavy atom. The van der Waals surface area contributed by atoms with Crippen LogP contribution in [0.3, 0.4) is 0 Å². The van der Waals surface area contributed by atoms with E-state index in [2.05, 4.69) is 11.9 Å². The molecule has 0 spiro atoms. The zero-order valence-corrected chi connectivity index (χ0v) is 10.0. The molecule has 3 heteroatoms. The normalized spacial score (nSPS) is 13.1. The first-order valence-electron chi connectivity index (χ1n) is 5.19. The molecule has 0 saturated carbocycles. The van der Waals surface area contributed by atoms with Crippen LogP contribution in [0.2, 0.25) is 5.02 Å². The molecule has 1 unspecified atom stereocenters. The first kappa shape index (κ1) is 12.5. The number of rotatable bonds is 5. The highest BCUT2D eigenvalue weighted by atomic mass is 35.5. The summed E-state index contributed by atoms with van der Waals surface area (Å²) in [4.78, 5) is 2.19. The molecule has 1 aromatic carbocycles. The summed E-state index contributed by atoms with van der Waals surface area (Å²) in [6.07, 6.45) is 0.585. The smallest absolute Gasteiger partial charge is 0.0524 e. The first-order chi connectivity index (χ1) is 7.08. The van der Waals surface area contributed by atoms with Gasteiger partial charge in [0.1, 0.15) is 0 Å². The van der Waals surface area contributed by atoms with Gasteiger partial charge in [0.05, 0.1) is 6.10 Å². The van der Waals surface area contributed by atoms with E-state index in [1.54, 1.807) is 0 Å². The maximum absolute atomic E-state index is 9.16. The molecule has 84 valence electrons. The van der Waals surface area contributed by atoms with Gasteiger partial charge in [-0.3, -0.25) is 0 Å².